The Morgan fingerprint density at radius 3 is 2.48 bits per heavy atom. The zero-order valence-electron chi connectivity index (χ0n) is 13.5. The quantitative estimate of drug-likeness (QED) is 0.659. The summed E-state index contributed by atoms with van der Waals surface area (Å²) in [6.45, 7) is 5.32. The van der Waals surface area contributed by atoms with Gasteiger partial charge in [-0.3, -0.25) is 0 Å². The molecule has 1 saturated carbocycles. The summed E-state index contributed by atoms with van der Waals surface area (Å²) < 4.78 is 41.8. The maximum atomic E-state index is 14.2. The first-order valence-electron chi connectivity index (χ1n) is 7.58. The molecule has 1 fully saturated rings. The minimum atomic E-state index is -1.03. The molecule has 0 amide bonds. The summed E-state index contributed by atoms with van der Waals surface area (Å²) >= 11 is 0. The number of benzene rings is 1. The summed E-state index contributed by atoms with van der Waals surface area (Å²) in [6, 6.07) is 2.53. The predicted octanol–water partition coefficient (Wildman–Crippen LogP) is 5.67. The Kier molecular flexibility index (Phi) is 5.19. The van der Waals surface area contributed by atoms with Crippen molar-refractivity contribution >= 4 is 11.4 Å². The minimum absolute atomic E-state index is 0.0686. The van der Waals surface area contributed by atoms with E-state index in [1.165, 1.54) is 25.1 Å². The van der Waals surface area contributed by atoms with Crippen molar-refractivity contribution in [3.8, 4) is 0 Å². The highest BCUT2D eigenvalue weighted by atomic mass is 19.2. The third-order valence-corrected chi connectivity index (χ3v) is 3.76. The number of hydrogen-bond donors (Lipinski definition) is 2. The summed E-state index contributed by atoms with van der Waals surface area (Å²) in [4.78, 5) is 0. The Labute approximate surface area is 134 Å². The Hall–Kier alpha value is -2.17. The number of nitrogens with one attached hydrogen (secondary N) is 2. The molecule has 2 N–H and O–H groups in total. The second kappa shape index (κ2) is 6.94. The van der Waals surface area contributed by atoms with Crippen LogP contribution in [0.2, 0.25) is 0 Å². The summed E-state index contributed by atoms with van der Waals surface area (Å²) in [5.41, 5.74) is 0.275. The smallest absolute Gasteiger partial charge is 0.184 e. The molecule has 0 unspecified atom stereocenters. The third kappa shape index (κ3) is 4.18. The topological polar surface area (TPSA) is 24.1 Å². The van der Waals surface area contributed by atoms with E-state index in [-0.39, 0.29) is 16.9 Å². The Balaban J connectivity index is 2.41. The Morgan fingerprint density at radius 1 is 1.22 bits per heavy atom. The van der Waals surface area contributed by atoms with Crippen LogP contribution in [0.15, 0.2) is 48.0 Å². The molecule has 1 aromatic carbocycles. The van der Waals surface area contributed by atoms with Gasteiger partial charge >= 0.3 is 0 Å². The van der Waals surface area contributed by atoms with E-state index in [4.69, 9.17) is 0 Å². The van der Waals surface area contributed by atoms with Crippen LogP contribution in [-0.4, -0.2) is 5.54 Å². The van der Waals surface area contributed by atoms with Gasteiger partial charge in [0.1, 0.15) is 11.5 Å². The summed E-state index contributed by atoms with van der Waals surface area (Å²) in [7, 11) is 0. The van der Waals surface area contributed by atoms with E-state index in [1.807, 2.05) is 6.92 Å². The van der Waals surface area contributed by atoms with Gasteiger partial charge in [-0.1, -0.05) is 12.2 Å². The van der Waals surface area contributed by atoms with Crippen LogP contribution in [0.4, 0.5) is 24.5 Å². The second-order valence-corrected chi connectivity index (χ2v) is 5.84. The van der Waals surface area contributed by atoms with Crippen molar-refractivity contribution in [2.24, 2.45) is 0 Å². The molecule has 0 bridgehead atoms. The summed E-state index contributed by atoms with van der Waals surface area (Å²) in [5, 5.41) is 5.87. The van der Waals surface area contributed by atoms with E-state index in [1.54, 1.807) is 19.1 Å². The van der Waals surface area contributed by atoms with Crippen molar-refractivity contribution < 1.29 is 13.2 Å². The lowest BCUT2D eigenvalue weighted by atomic mass is 10.2. The van der Waals surface area contributed by atoms with Gasteiger partial charge in [0.2, 0.25) is 0 Å². The molecule has 1 aromatic rings. The van der Waals surface area contributed by atoms with E-state index < -0.39 is 17.5 Å². The van der Waals surface area contributed by atoms with Crippen molar-refractivity contribution in [1.29, 1.82) is 0 Å². The van der Waals surface area contributed by atoms with E-state index >= 15 is 0 Å². The van der Waals surface area contributed by atoms with Crippen molar-refractivity contribution in [3.63, 3.8) is 0 Å². The van der Waals surface area contributed by atoms with E-state index in [2.05, 4.69) is 10.6 Å². The number of anilines is 2. The standard InChI is InChI=1S/C18H21F3N2/c1-4-6-7-14(12(19)5-2)22-17-15(23-18(3)10-11-18)9-8-13(20)16(17)21/h4-9,22-23H,10-11H2,1-3H3/b6-4+,12-5+,14-7+. The molecule has 23 heavy (non-hydrogen) atoms. The zero-order valence-corrected chi connectivity index (χ0v) is 13.5. The Bertz CT molecular complexity index is 671. The average molecular weight is 322 g/mol. The predicted molar refractivity (Wildman–Crippen MR) is 89.0 cm³/mol. The molecule has 0 atom stereocenters. The number of hydrogen-bond acceptors (Lipinski definition) is 2. The SMILES string of the molecule is C/C=C/C=C(Nc1c(NC2(C)CC2)ccc(F)c1F)\C(F)=C/C. The first-order chi connectivity index (χ1) is 10.9. The molecule has 0 aromatic heterocycles. The molecule has 1 aliphatic carbocycles. The molecule has 124 valence electrons. The fourth-order valence-corrected chi connectivity index (χ4v) is 2.08. The lowest BCUT2D eigenvalue weighted by Gasteiger charge is -2.19. The van der Waals surface area contributed by atoms with Crippen LogP contribution in [0.3, 0.4) is 0 Å². The Morgan fingerprint density at radius 2 is 1.91 bits per heavy atom. The van der Waals surface area contributed by atoms with Crippen LogP contribution in [0.5, 0.6) is 0 Å². The first kappa shape index (κ1) is 17.2. The van der Waals surface area contributed by atoms with Crippen LogP contribution in [0, 0.1) is 11.6 Å². The minimum Gasteiger partial charge on any atom is -0.378 e. The lowest BCUT2D eigenvalue weighted by Crippen LogP contribution is -2.18. The number of rotatable bonds is 6. The van der Waals surface area contributed by atoms with E-state index in [9.17, 15) is 13.2 Å². The van der Waals surface area contributed by atoms with Gasteiger partial charge < -0.3 is 10.6 Å². The van der Waals surface area contributed by atoms with Crippen LogP contribution in [-0.2, 0) is 0 Å². The van der Waals surface area contributed by atoms with E-state index in [0.29, 0.717) is 5.69 Å². The van der Waals surface area contributed by atoms with Gasteiger partial charge in [0.05, 0.1) is 11.4 Å². The molecule has 0 radical (unpaired) electrons. The van der Waals surface area contributed by atoms with Crippen molar-refractivity contribution in [3.05, 3.63) is 59.6 Å². The molecule has 5 heteroatoms. The van der Waals surface area contributed by atoms with Crippen LogP contribution >= 0.6 is 0 Å². The molecular weight excluding hydrogens is 301 g/mol. The molecule has 0 aliphatic heterocycles. The van der Waals surface area contributed by atoms with Crippen molar-refractivity contribution in [1.82, 2.24) is 0 Å². The molecular formula is C18H21F3N2. The fraction of sp³-hybridized carbons (Fsp3) is 0.333. The normalized spacial score (nSPS) is 17.5. The zero-order chi connectivity index (χ0) is 17.0. The monoisotopic (exact) mass is 322 g/mol. The number of halogens is 3. The van der Waals surface area contributed by atoms with Gasteiger partial charge in [0.25, 0.3) is 0 Å². The molecule has 1 aliphatic rings. The number of allylic oxidation sites excluding steroid dienone is 5. The molecule has 2 rings (SSSR count). The van der Waals surface area contributed by atoms with Gasteiger partial charge in [0, 0.05) is 5.54 Å². The largest absolute Gasteiger partial charge is 0.378 e. The molecule has 0 saturated heterocycles. The van der Waals surface area contributed by atoms with E-state index in [0.717, 1.165) is 18.9 Å². The maximum absolute atomic E-state index is 14.2. The van der Waals surface area contributed by atoms with Gasteiger partial charge in [-0.2, -0.15) is 0 Å². The first-order valence-corrected chi connectivity index (χ1v) is 7.58. The molecule has 0 heterocycles. The summed E-state index contributed by atoms with van der Waals surface area (Å²) in [5.74, 6) is -2.56. The van der Waals surface area contributed by atoms with Gasteiger partial charge in [0.15, 0.2) is 11.6 Å². The summed E-state index contributed by atoms with van der Waals surface area (Å²) in [6.07, 6.45) is 7.98. The molecule has 2 nitrogen and oxygen atoms in total. The maximum Gasteiger partial charge on any atom is 0.184 e. The lowest BCUT2D eigenvalue weighted by molar-refractivity contribution is 0.511. The highest BCUT2D eigenvalue weighted by Crippen LogP contribution is 2.41. The van der Waals surface area contributed by atoms with Crippen molar-refractivity contribution in [2.45, 2.75) is 39.2 Å². The van der Waals surface area contributed by atoms with Gasteiger partial charge in [-0.25, -0.2) is 13.2 Å². The molecule has 0 spiro atoms. The van der Waals surface area contributed by atoms with Crippen LogP contribution in [0.25, 0.3) is 0 Å². The van der Waals surface area contributed by atoms with Crippen LogP contribution < -0.4 is 10.6 Å². The van der Waals surface area contributed by atoms with Gasteiger partial charge in [-0.05, 0) is 57.9 Å². The average Bonchev–Trinajstić information content (AvgIpc) is 3.26. The fourth-order valence-electron chi connectivity index (χ4n) is 2.08. The van der Waals surface area contributed by atoms with Crippen molar-refractivity contribution in [2.75, 3.05) is 10.6 Å². The van der Waals surface area contributed by atoms with Crippen LogP contribution in [0.1, 0.15) is 33.6 Å². The third-order valence-electron chi connectivity index (χ3n) is 3.76. The highest BCUT2D eigenvalue weighted by Gasteiger charge is 2.38. The van der Waals surface area contributed by atoms with Gasteiger partial charge in [-0.15, -0.1) is 0 Å². The second-order valence-electron chi connectivity index (χ2n) is 5.84. The highest BCUT2D eigenvalue weighted by molar-refractivity contribution is 5.73.